The summed E-state index contributed by atoms with van der Waals surface area (Å²) >= 11 is 0. The third-order valence-electron chi connectivity index (χ3n) is 4.42. The van der Waals surface area contributed by atoms with Gasteiger partial charge in [-0.05, 0) is 30.7 Å². The predicted molar refractivity (Wildman–Crippen MR) is 105 cm³/mol. The summed E-state index contributed by atoms with van der Waals surface area (Å²) in [5, 5.41) is 7.08. The summed E-state index contributed by atoms with van der Waals surface area (Å²) in [6, 6.07) is 29.4. The van der Waals surface area contributed by atoms with Crippen LogP contribution < -0.4 is 5.01 Å². The molecule has 3 aromatic carbocycles. The molecule has 2 heteroatoms. The van der Waals surface area contributed by atoms with Gasteiger partial charge in [-0.25, -0.2) is 0 Å². The van der Waals surface area contributed by atoms with Gasteiger partial charge in [0.1, 0.15) is 0 Å². The first-order valence-electron chi connectivity index (χ1n) is 8.54. The van der Waals surface area contributed by atoms with Crippen molar-refractivity contribution in [3.05, 3.63) is 114 Å². The average molecular weight is 324 g/mol. The standard InChI is InChI=1S/C23H20N2/c1-18-12-14-21(15-13-18)25-23(20-10-6-3-7-11-20)17-16-22(24-25)19-8-4-2-5-9-19/h2-17,23H,1H3. The first kappa shape index (κ1) is 15.4. The van der Waals surface area contributed by atoms with Crippen LogP contribution in [0.1, 0.15) is 22.7 Å². The third kappa shape index (κ3) is 3.24. The van der Waals surface area contributed by atoms with Crippen LogP contribution in [0, 0.1) is 6.92 Å². The van der Waals surface area contributed by atoms with Crippen LogP contribution in [0.4, 0.5) is 5.69 Å². The zero-order valence-corrected chi connectivity index (χ0v) is 14.2. The van der Waals surface area contributed by atoms with Gasteiger partial charge in [-0.3, -0.25) is 5.01 Å². The fourth-order valence-electron chi connectivity index (χ4n) is 3.06. The number of allylic oxidation sites excluding steroid dienone is 1. The van der Waals surface area contributed by atoms with E-state index in [1.165, 1.54) is 11.1 Å². The second-order valence-corrected chi connectivity index (χ2v) is 6.25. The highest BCUT2D eigenvalue weighted by molar-refractivity contribution is 6.09. The number of rotatable bonds is 3. The molecule has 4 rings (SSSR count). The van der Waals surface area contributed by atoms with Crippen LogP contribution in [0.2, 0.25) is 0 Å². The van der Waals surface area contributed by atoms with Crippen molar-refractivity contribution < 1.29 is 0 Å². The Morgan fingerprint density at radius 1 is 0.760 bits per heavy atom. The van der Waals surface area contributed by atoms with E-state index in [9.17, 15) is 0 Å². The van der Waals surface area contributed by atoms with Gasteiger partial charge in [0.25, 0.3) is 0 Å². The highest BCUT2D eigenvalue weighted by Gasteiger charge is 2.22. The summed E-state index contributed by atoms with van der Waals surface area (Å²) in [4.78, 5) is 0. The van der Waals surface area contributed by atoms with E-state index in [2.05, 4.69) is 84.7 Å². The highest BCUT2D eigenvalue weighted by atomic mass is 15.5. The fraction of sp³-hybridized carbons (Fsp3) is 0.0870. The second-order valence-electron chi connectivity index (χ2n) is 6.25. The predicted octanol–water partition coefficient (Wildman–Crippen LogP) is 5.52. The summed E-state index contributed by atoms with van der Waals surface area (Å²) < 4.78 is 0. The third-order valence-corrected chi connectivity index (χ3v) is 4.42. The van der Waals surface area contributed by atoms with Crippen LogP contribution in [0.3, 0.4) is 0 Å². The Labute approximate surface area is 148 Å². The lowest BCUT2D eigenvalue weighted by Crippen LogP contribution is -2.26. The zero-order valence-electron chi connectivity index (χ0n) is 14.2. The number of anilines is 1. The molecule has 0 radical (unpaired) electrons. The van der Waals surface area contributed by atoms with E-state index in [-0.39, 0.29) is 6.04 Å². The molecular weight excluding hydrogens is 304 g/mol. The monoisotopic (exact) mass is 324 g/mol. The van der Waals surface area contributed by atoms with Crippen molar-refractivity contribution in [1.29, 1.82) is 0 Å². The molecule has 0 aromatic heterocycles. The fourth-order valence-corrected chi connectivity index (χ4v) is 3.06. The molecule has 2 nitrogen and oxygen atoms in total. The van der Waals surface area contributed by atoms with E-state index < -0.39 is 0 Å². The summed E-state index contributed by atoms with van der Waals surface area (Å²) in [6.07, 6.45) is 4.35. The van der Waals surface area contributed by atoms with E-state index >= 15 is 0 Å². The summed E-state index contributed by atoms with van der Waals surface area (Å²) in [6.45, 7) is 2.10. The van der Waals surface area contributed by atoms with Crippen molar-refractivity contribution in [2.24, 2.45) is 5.10 Å². The molecule has 0 bridgehead atoms. The van der Waals surface area contributed by atoms with Crippen LogP contribution >= 0.6 is 0 Å². The maximum Gasteiger partial charge on any atom is 0.0960 e. The van der Waals surface area contributed by atoms with Crippen molar-refractivity contribution >= 4 is 11.4 Å². The van der Waals surface area contributed by atoms with Crippen molar-refractivity contribution in [2.45, 2.75) is 13.0 Å². The number of benzene rings is 3. The molecule has 3 aromatic rings. The van der Waals surface area contributed by atoms with Gasteiger partial charge in [0.15, 0.2) is 0 Å². The van der Waals surface area contributed by atoms with Gasteiger partial charge < -0.3 is 0 Å². The summed E-state index contributed by atoms with van der Waals surface area (Å²) in [5.41, 5.74) is 5.68. The zero-order chi connectivity index (χ0) is 17.1. The molecule has 1 unspecified atom stereocenters. The Morgan fingerprint density at radius 2 is 1.40 bits per heavy atom. The average Bonchev–Trinajstić information content (AvgIpc) is 2.69. The normalized spacial score (nSPS) is 16.6. The lowest BCUT2D eigenvalue weighted by molar-refractivity contribution is 0.752. The largest absolute Gasteiger partial charge is 0.254 e. The number of hydrogen-bond acceptors (Lipinski definition) is 2. The quantitative estimate of drug-likeness (QED) is 0.619. The van der Waals surface area contributed by atoms with Crippen LogP contribution in [0.25, 0.3) is 0 Å². The van der Waals surface area contributed by atoms with Gasteiger partial charge >= 0.3 is 0 Å². The Kier molecular flexibility index (Phi) is 4.17. The van der Waals surface area contributed by atoms with Gasteiger partial charge in [0.05, 0.1) is 17.4 Å². The van der Waals surface area contributed by atoms with E-state index in [1.807, 2.05) is 24.3 Å². The number of aryl methyl sites for hydroxylation is 1. The van der Waals surface area contributed by atoms with Gasteiger partial charge in [0.2, 0.25) is 0 Å². The first-order chi connectivity index (χ1) is 12.3. The second kappa shape index (κ2) is 6.78. The van der Waals surface area contributed by atoms with Crippen LogP contribution in [-0.2, 0) is 0 Å². The van der Waals surface area contributed by atoms with Gasteiger partial charge in [-0.1, -0.05) is 84.4 Å². The van der Waals surface area contributed by atoms with E-state index in [0.717, 1.165) is 17.0 Å². The van der Waals surface area contributed by atoms with Crippen molar-refractivity contribution in [2.75, 3.05) is 5.01 Å². The van der Waals surface area contributed by atoms with Crippen LogP contribution in [-0.4, -0.2) is 5.71 Å². The van der Waals surface area contributed by atoms with Gasteiger partial charge in [-0.2, -0.15) is 5.10 Å². The lowest BCUT2D eigenvalue weighted by Gasteiger charge is -2.31. The number of nitrogens with zero attached hydrogens (tertiary/aromatic N) is 2. The molecule has 122 valence electrons. The Hall–Kier alpha value is -3.13. The smallest absolute Gasteiger partial charge is 0.0960 e. The maximum absolute atomic E-state index is 4.97. The Bertz CT molecular complexity index is 894. The topological polar surface area (TPSA) is 15.6 Å². The minimum Gasteiger partial charge on any atom is -0.254 e. The minimum atomic E-state index is 0.0939. The van der Waals surface area contributed by atoms with Crippen LogP contribution in [0.15, 0.2) is 102 Å². The van der Waals surface area contributed by atoms with Crippen molar-refractivity contribution in [1.82, 2.24) is 0 Å². The Morgan fingerprint density at radius 3 is 2.08 bits per heavy atom. The highest BCUT2D eigenvalue weighted by Crippen LogP contribution is 2.32. The molecule has 1 atom stereocenters. The minimum absolute atomic E-state index is 0.0939. The maximum atomic E-state index is 4.97. The molecule has 0 aliphatic carbocycles. The molecule has 25 heavy (non-hydrogen) atoms. The van der Waals surface area contributed by atoms with Crippen molar-refractivity contribution in [3.8, 4) is 0 Å². The first-order valence-corrected chi connectivity index (χ1v) is 8.54. The number of hydrogen-bond donors (Lipinski definition) is 0. The molecule has 0 saturated heterocycles. The summed E-state index contributed by atoms with van der Waals surface area (Å²) in [5.74, 6) is 0. The summed E-state index contributed by atoms with van der Waals surface area (Å²) in [7, 11) is 0. The number of hydrazone groups is 1. The Balaban J connectivity index is 1.78. The van der Waals surface area contributed by atoms with Gasteiger partial charge in [0, 0.05) is 5.56 Å². The van der Waals surface area contributed by atoms with E-state index in [0.29, 0.717) is 0 Å². The molecule has 0 N–H and O–H groups in total. The molecule has 1 aliphatic rings. The molecule has 1 heterocycles. The molecule has 0 amide bonds. The SMILES string of the molecule is Cc1ccc(N2N=C(c3ccccc3)C=CC2c2ccccc2)cc1. The molecule has 1 aliphatic heterocycles. The van der Waals surface area contributed by atoms with Crippen LogP contribution in [0.5, 0.6) is 0 Å². The molecule has 0 spiro atoms. The van der Waals surface area contributed by atoms with E-state index in [4.69, 9.17) is 5.10 Å². The van der Waals surface area contributed by atoms with Gasteiger partial charge in [-0.15, -0.1) is 0 Å². The lowest BCUT2D eigenvalue weighted by atomic mass is 10.0. The van der Waals surface area contributed by atoms with E-state index in [1.54, 1.807) is 0 Å². The molecule has 0 fully saturated rings. The molecular formula is C23H20N2. The molecule has 0 saturated carbocycles. The van der Waals surface area contributed by atoms with Crippen molar-refractivity contribution in [3.63, 3.8) is 0 Å².